The Kier molecular flexibility index (Phi) is 7.55. The molecule has 2 N–H and O–H groups in total. The average Bonchev–Trinajstić information content (AvgIpc) is 2.93. The molecule has 7 nitrogen and oxygen atoms in total. The molecule has 0 aliphatic carbocycles. The van der Waals surface area contributed by atoms with E-state index in [9.17, 15) is 0 Å². The van der Waals surface area contributed by atoms with Crippen LogP contribution in [-0.4, -0.2) is 38.6 Å². The van der Waals surface area contributed by atoms with E-state index in [0.29, 0.717) is 35.6 Å². The van der Waals surface area contributed by atoms with Gasteiger partial charge in [0.05, 0.1) is 13.7 Å². The van der Waals surface area contributed by atoms with Crippen LogP contribution in [-0.2, 0) is 6.54 Å². The number of nitrogens with two attached hydrogens (primary N) is 1. The molecule has 2 aromatic heterocycles. The molecule has 0 aromatic carbocycles. The highest BCUT2D eigenvalue weighted by Crippen LogP contribution is 2.26. The zero-order chi connectivity index (χ0) is 17.4. The van der Waals surface area contributed by atoms with E-state index in [1.165, 1.54) is 12.8 Å². The van der Waals surface area contributed by atoms with Crippen LogP contribution in [0.2, 0.25) is 0 Å². The summed E-state index contributed by atoms with van der Waals surface area (Å²) in [6.07, 6.45) is 6.57. The van der Waals surface area contributed by atoms with Crippen molar-refractivity contribution in [2.24, 2.45) is 0 Å². The van der Waals surface area contributed by atoms with Gasteiger partial charge in [0.25, 0.3) is 6.01 Å². The quantitative estimate of drug-likeness (QED) is 0.459. The van der Waals surface area contributed by atoms with Gasteiger partial charge in [-0.05, 0) is 19.3 Å². The predicted octanol–water partition coefficient (Wildman–Crippen LogP) is 3.55. The molecule has 0 bridgehead atoms. The largest absolute Gasteiger partial charge is 0.468 e. The van der Waals surface area contributed by atoms with Gasteiger partial charge in [-0.15, -0.1) is 0 Å². The first kappa shape index (κ1) is 18.8. The molecule has 8 heteroatoms. The minimum atomic E-state index is 0.302. The molecule has 0 saturated heterocycles. The molecule has 0 unspecified atom stereocenters. The summed E-state index contributed by atoms with van der Waals surface area (Å²) in [4.78, 5) is 13.1. The van der Waals surface area contributed by atoms with Gasteiger partial charge in [0.1, 0.15) is 0 Å². The SMILES string of the molecule is CCCCOc1nc(N)c2nc(OC)n(CCCCCCBr)c2n1. The standard InChI is InChI=1S/C16H26BrN5O2/c1-3-4-11-24-15-20-13(18)12-14(21-15)22(16(19-12)23-2)10-8-6-5-7-9-17/h3-11H2,1-2H3,(H2,18,20,21). The summed E-state index contributed by atoms with van der Waals surface area (Å²) < 4.78 is 12.9. The van der Waals surface area contributed by atoms with Gasteiger partial charge in [-0.2, -0.15) is 15.0 Å². The minimum Gasteiger partial charge on any atom is -0.468 e. The number of halogens is 1. The number of nitrogen functional groups attached to an aromatic ring is 1. The van der Waals surface area contributed by atoms with Crippen LogP contribution in [0.3, 0.4) is 0 Å². The number of fused-ring (bicyclic) bond motifs is 1. The number of methoxy groups -OCH3 is 1. The summed E-state index contributed by atoms with van der Waals surface area (Å²) in [5, 5.41) is 1.05. The van der Waals surface area contributed by atoms with E-state index in [1.807, 2.05) is 4.57 Å². The zero-order valence-corrected chi connectivity index (χ0v) is 16.0. The zero-order valence-electron chi connectivity index (χ0n) is 14.4. The molecule has 134 valence electrons. The van der Waals surface area contributed by atoms with Crippen molar-refractivity contribution in [1.29, 1.82) is 0 Å². The second-order valence-corrected chi connectivity index (χ2v) is 6.41. The molecule has 2 rings (SSSR count). The number of rotatable bonds is 11. The first-order chi connectivity index (χ1) is 11.7. The normalized spacial score (nSPS) is 11.1. The van der Waals surface area contributed by atoms with Crippen molar-refractivity contribution in [2.45, 2.75) is 52.0 Å². The number of nitrogens with zero attached hydrogens (tertiary/aromatic N) is 4. The van der Waals surface area contributed by atoms with Gasteiger partial charge in [-0.25, -0.2) is 0 Å². The number of aromatic nitrogens is 4. The third kappa shape index (κ3) is 4.72. The second kappa shape index (κ2) is 9.66. The van der Waals surface area contributed by atoms with Crippen LogP contribution in [0, 0.1) is 0 Å². The Balaban J connectivity index is 2.19. The molecular weight excluding hydrogens is 374 g/mol. The monoisotopic (exact) mass is 399 g/mol. The van der Waals surface area contributed by atoms with Crippen molar-refractivity contribution in [3.63, 3.8) is 0 Å². The van der Waals surface area contributed by atoms with E-state index in [1.54, 1.807) is 7.11 Å². The van der Waals surface area contributed by atoms with Crippen LogP contribution in [0.15, 0.2) is 0 Å². The Morgan fingerprint density at radius 1 is 1.08 bits per heavy atom. The molecule has 0 radical (unpaired) electrons. The highest BCUT2D eigenvalue weighted by atomic mass is 79.9. The Hall–Kier alpha value is -1.57. The lowest BCUT2D eigenvalue weighted by atomic mass is 10.2. The summed E-state index contributed by atoms with van der Waals surface area (Å²) >= 11 is 3.46. The third-order valence-electron chi connectivity index (χ3n) is 3.74. The third-order valence-corrected chi connectivity index (χ3v) is 4.30. The smallest absolute Gasteiger partial charge is 0.320 e. The fourth-order valence-electron chi connectivity index (χ4n) is 2.43. The molecule has 0 fully saturated rings. The Morgan fingerprint density at radius 3 is 2.58 bits per heavy atom. The average molecular weight is 400 g/mol. The van der Waals surface area contributed by atoms with E-state index in [0.717, 1.165) is 37.6 Å². The summed E-state index contributed by atoms with van der Waals surface area (Å²) in [6, 6.07) is 0.814. The van der Waals surface area contributed by atoms with Crippen LogP contribution in [0.5, 0.6) is 12.0 Å². The van der Waals surface area contributed by atoms with Crippen molar-refractivity contribution < 1.29 is 9.47 Å². The van der Waals surface area contributed by atoms with E-state index >= 15 is 0 Å². The number of imidazole rings is 1. The van der Waals surface area contributed by atoms with E-state index in [-0.39, 0.29) is 0 Å². The molecule has 0 saturated carbocycles. The van der Waals surface area contributed by atoms with Crippen molar-refractivity contribution in [2.75, 3.05) is 24.8 Å². The molecule has 0 spiro atoms. The molecule has 0 amide bonds. The van der Waals surface area contributed by atoms with Crippen LogP contribution in [0.4, 0.5) is 5.82 Å². The number of alkyl halides is 1. The minimum absolute atomic E-state index is 0.302. The number of aryl methyl sites for hydroxylation is 1. The number of ether oxygens (including phenoxy) is 2. The summed E-state index contributed by atoms with van der Waals surface area (Å²) in [6.45, 7) is 3.48. The Morgan fingerprint density at radius 2 is 1.88 bits per heavy atom. The van der Waals surface area contributed by atoms with Crippen LogP contribution < -0.4 is 15.2 Å². The topological polar surface area (TPSA) is 88.1 Å². The number of hydrogen-bond acceptors (Lipinski definition) is 6. The van der Waals surface area contributed by atoms with Crippen molar-refractivity contribution in [1.82, 2.24) is 19.5 Å². The van der Waals surface area contributed by atoms with Crippen LogP contribution in [0.1, 0.15) is 45.4 Å². The highest BCUT2D eigenvalue weighted by molar-refractivity contribution is 9.09. The summed E-state index contributed by atoms with van der Waals surface area (Å²) in [7, 11) is 1.60. The highest BCUT2D eigenvalue weighted by Gasteiger charge is 2.17. The lowest BCUT2D eigenvalue weighted by Crippen LogP contribution is -2.06. The van der Waals surface area contributed by atoms with Crippen molar-refractivity contribution in [3.8, 4) is 12.0 Å². The van der Waals surface area contributed by atoms with Gasteiger partial charge in [0.15, 0.2) is 17.0 Å². The van der Waals surface area contributed by atoms with E-state index in [2.05, 4.69) is 37.8 Å². The van der Waals surface area contributed by atoms with Crippen LogP contribution in [0.25, 0.3) is 11.2 Å². The molecule has 0 aliphatic heterocycles. The van der Waals surface area contributed by atoms with Crippen molar-refractivity contribution >= 4 is 32.9 Å². The molecule has 0 atom stereocenters. The van der Waals surface area contributed by atoms with Crippen molar-refractivity contribution in [3.05, 3.63) is 0 Å². The molecule has 2 heterocycles. The summed E-state index contributed by atoms with van der Waals surface area (Å²) in [5.74, 6) is 0.322. The summed E-state index contributed by atoms with van der Waals surface area (Å²) in [5.41, 5.74) is 7.26. The van der Waals surface area contributed by atoms with Gasteiger partial charge in [-0.1, -0.05) is 42.1 Å². The van der Waals surface area contributed by atoms with Gasteiger partial charge in [0, 0.05) is 11.9 Å². The van der Waals surface area contributed by atoms with Gasteiger partial charge in [0.2, 0.25) is 0 Å². The maximum atomic E-state index is 6.02. The van der Waals surface area contributed by atoms with Gasteiger partial charge < -0.3 is 15.2 Å². The number of unbranched alkanes of at least 4 members (excludes halogenated alkanes) is 4. The number of anilines is 1. The molecule has 2 aromatic rings. The van der Waals surface area contributed by atoms with E-state index < -0.39 is 0 Å². The lowest BCUT2D eigenvalue weighted by Gasteiger charge is -2.08. The van der Waals surface area contributed by atoms with Crippen LogP contribution >= 0.6 is 15.9 Å². The van der Waals surface area contributed by atoms with E-state index in [4.69, 9.17) is 15.2 Å². The predicted molar refractivity (Wildman–Crippen MR) is 99.0 cm³/mol. The van der Waals surface area contributed by atoms with Gasteiger partial charge >= 0.3 is 6.01 Å². The second-order valence-electron chi connectivity index (χ2n) is 5.62. The molecule has 24 heavy (non-hydrogen) atoms. The lowest BCUT2D eigenvalue weighted by molar-refractivity contribution is 0.286. The Labute approximate surface area is 151 Å². The first-order valence-electron chi connectivity index (χ1n) is 8.47. The maximum absolute atomic E-state index is 6.02. The fourth-order valence-corrected chi connectivity index (χ4v) is 2.83. The number of hydrogen-bond donors (Lipinski definition) is 1. The molecule has 0 aliphatic rings. The maximum Gasteiger partial charge on any atom is 0.320 e. The molecular formula is C16H26BrN5O2. The Bertz CT molecular complexity index is 647. The van der Waals surface area contributed by atoms with Gasteiger partial charge in [-0.3, -0.25) is 4.57 Å². The fraction of sp³-hybridized carbons (Fsp3) is 0.688. The first-order valence-corrected chi connectivity index (χ1v) is 9.59.